The third kappa shape index (κ3) is 8.43. The summed E-state index contributed by atoms with van der Waals surface area (Å²) in [6, 6.07) is 30.6. The van der Waals surface area contributed by atoms with Crippen LogP contribution < -0.4 is 0 Å². The Kier molecular flexibility index (Phi) is 10.7. The van der Waals surface area contributed by atoms with Crippen LogP contribution in [0.2, 0.25) is 0 Å². The Labute approximate surface area is 237 Å². The second-order valence-electron chi connectivity index (χ2n) is 11.3. The van der Waals surface area contributed by atoms with Crippen molar-refractivity contribution >= 4 is 0 Å². The van der Waals surface area contributed by atoms with Gasteiger partial charge < -0.3 is 14.2 Å². The molecule has 2 fully saturated rings. The van der Waals surface area contributed by atoms with Crippen LogP contribution in [0, 0.1) is 11.8 Å². The molecule has 4 nitrogen and oxygen atoms in total. The summed E-state index contributed by atoms with van der Waals surface area (Å²) < 4.78 is 46.2. The Morgan fingerprint density at radius 3 is 1.45 bits per heavy atom. The lowest BCUT2D eigenvalue weighted by atomic mass is 9.81. The third-order valence-electron chi connectivity index (χ3n) is 8.27. The maximum atomic E-state index is 13.2. The Morgan fingerprint density at radius 1 is 0.600 bits per heavy atom. The van der Waals surface area contributed by atoms with Crippen LogP contribution in [0.4, 0.5) is 8.78 Å². The first-order valence-electron chi connectivity index (χ1n) is 14.6. The third-order valence-corrected chi connectivity index (χ3v) is 8.27. The van der Waals surface area contributed by atoms with E-state index in [1.807, 2.05) is 54.6 Å². The summed E-state index contributed by atoms with van der Waals surface area (Å²) in [5.41, 5.74) is 3.35. The summed E-state index contributed by atoms with van der Waals surface area (Å²) in [5, 5.41) is 0. The molecule has 1 aliphatic carbocycles. The van der Waals surface area contributed by atoms with Crippen molar-refractivity contribution in [2.24, 2.45) is 11.8 Å². The molecule has 2 aliphatic rings. The zero-order valence-electron chi connectivity index (χ0n) is 23.1. The standard InChI is InChI=1S/C34H41F2NO3/c35-34(36)30-18-16-26(17-19-30)20-37-21-31(38-23-27-10-4-1-5-11-27)33(40-25-29-14-8-3-9-15-29)32(22-37)39-24-28-12-6-2-7-13-28/h1-15,26,30-34H,16-25H2/t26?,30?,31-,32+,33?. The minimum atomic E-state index is -2.20. The number of likely N-dealkylation sites (tertiary alicyclic amines) is 1. The molecule has 6 heteroatoms. The molecule has 0 aromatic heterocycles. The van der Waals surface area contributed by atoms with Crippen LogP contribution >= 0.6 is 0 Å². The number of rotatable bonds is 12. The van der Waals surface area contributed by atoms with Gasteiger partial charge in [0.15, 0.2) is 0 Å². The van der Waals surface area contributed by atoms with Crippen LogP contribution in [0.1, 0.15) is 42.4 Å². The molecular weight excluding hydrogens is 508 g/mol. The number of alkyl halides is 2. The highest BCUT2D eigenvalue weighted by Gasteiger charge is 2.40. The van der Waals surface area contributed by atoms with Gasteiger partial charge >= 0.3 is 0 Å². The van der Waals surface area contributed by atoms with Crippen LogP contribution in [0.3, 0.4) is 0 Å². The second-order valence-corrected chi connectivity index (χ2v) is 11.3. The summed E-state index contributed by atoms with van der Waals surface area (Å²) in [5.74, 6) is -0.0291. The van der Waals surface area contributed by atoms with Gasteiger partial charge in [-0.05, 0) is 48.3 Å². The molecule has 0 N–H and O–H groups in total. The highest BCUT2D eigenvalue weighted by atomic mass is 19.3. The van der Waals surface area contributed by atoms with Crippen molar-refractivity contribution in [1.82, 2.24) is 4.90 Å². The lowest BCUT2D eigenvalue weighted by molar-refractivity contribution is -0.186. The Balaban J connectivity index is 1.31. The summed E-state index contributed by atoms with van der Waals surface area (Å²) in [7, 11) is 0. The van der Waals surface area contributed by atoms with Crippen molar-refractivity contribution in [3.63, 3.8) is 0 Å². The first kappa shape index (κ1) is 28.9. The lowest BCUT2D eigenvalue weighted by Gasteiger charge is -2.44. The fourth-order valence-corrected chi connectivity index (χ4v) is 6.00. The van der Waals surface area contributed by atoms with Crippen molar-refractivity contribution in [3.05, 3.63) is 108 Å². The van der Waals surface area contributed by atoms with E-state index in [1.165, 1.54) is 0 Å². The maximum Gasteiger partial charge on any atom is 0.241 e. The average molecular weight is 550 g/mol. The molecule has 1 unspecified atom stereocenters. The molecule has 1 saturated heterocycles. The van der Waals surface area contributed by atoms with Gasteiger partial charge in [0.05, 0.1) is 32.0 Å². The van der Waals surface area contributed by atoms with Gasteiger partial charge in [-0.3, -0.25) is 4.90 Å². The van der Waals surface area contributed by atoms with Gasteiger partial charge in [-0.15, -0.1) is 0 Å². The van der Waals surface area contributed by atoms with Gasteiger partial charge in [0.2, 0.25) is 6.43 Å². The smallest absolute Gasteiger partial charge is 0.241 e. The molecule has 3 aromatic carbocycles. The highest BCUT2D eigenvalue weighted by Crippen LogP contribution is 2.34. The molecule has 1 heterocycles. The molecule has 3 atom stereocenters. The number of benzene rings is 3. The fraction of sp³-hybridized carbons (Fsp3) is 0.471. The second kappa shape index (κ2) is 14.8. The van der Waals surface area contributed by atoms with Crippen molar-refractivity contribution in [3.8, 4) is 0 Å². The number of piperidine rings is 1. The average Bonchev–Trinajstić information content (AvgIpc) is 3.00. The van der Waals surface area contributed by atoms with E-state index in [2.05, 4.69) is 41.3 Å². The normalized spacial score (nSPS) is 25.7. The summed E-state index contributed by atoms with van der Waals surface area (Å²) >= 11 is 0. The van der Waals surface area contributed by atoms with Gasteiger partial charge in [0.1, 0.15) is 6.10 Å². The zero-order valence-corrected chi connectivity index (χ0v) is 23.1. The molecule has 1 saturated carbocycles. The summed E-state index contributed by atoms with van der Waals surface area (Å²) in [6.07, 6.45) is 0.117. The monoisotopic (exact) mass is 549 g/mol. The molecule has 5 rings (SSSR count). The molecule has 40 heavy (non-hydrogen) atoms. The van der Waals surface area contributed by atoms with Crippen molar-refractivity contribution in [2.45, 2.75) is 70.2 Å². The molecular formula is C34H41F2NO3. The van der Waals surface area contributed by atoms with Gasteiger partial charge in [-0.25, -0.2) is 8.78 Å². The molecule has 0 spiro atoms. The summed E-state index contributed by atoms with van der Waals surface area (Å²) in [4.78, 5) is 2.42. The van der Waals surface area contributed by atoms with Crippen LogP contribution in [0.5, 0.6) is 0 Å². The number of hydrogen-bond donors (Lipinski definition) is 0. The number of hydrogen-bond acceptors (Lipinski definition) is 4. The molecule has 1 aliphatic heterocycles. The van der Waals surface area contributed by atoms with Crippen molar-refractivity contribution in [1.29, 1.82) is 0 Å². The van der Waals surface area contributed by atoms with E-state index >= 15 is 0 Å². The van der Waals surface area contributed by atoms with E-state index in [-0.39, 0.29) is 18.3 Å². The Bertz CT molecular complexity index is 1060. The van der Waals surface area contributed by atoms with E-state index < -0.39 is 12.3 Å². The van der Waals surface area contributed by atoms with Crippen molar-refractivity contribution < 1.29 is 23.0 Å². The SMILES string of the molecule is FC(F)C1CCC(CN2C[C@H](OCc3ccccc3)C(OCc3ccccc3)[C@H](OCc3ccccc3)C2)CC1. The van der Waals surface area contributed by atoms with E-state index in [4.69, 9.17) is 14.2 Å². The largest absolute Gasteiger partial charge is 0.369 e. The molecule has 214 valence electrons. The minimum absolute atomic E-state index is 0.184. The lowest BCUT2D eigenvalue weighted by Crippen LogP contribution is -2.58. The maximum absolute atomic E-state index is 13.2. The predicted molar refractivity (Wildman–Crippen MR) is 153 cm³/mol. The van der Waals surface area contributed by atoms with E-state index in [0.29, 0.717) is 38.6 Å². The van der Waals surface area contributed by atoms with Crippen molar-refractivity contribution in [2.75, 3.05) is 19.6 Å². The van der Waals surface area contributed by atoms with Crippen LogP contribution in [-0.4, -0.2) is 49.3 Å². The summed E-state index contributed by atoms with van der Waals surface area (Å²) in [6.45, 7) is 3.81. The number of ether oxygens (including phenoxy) is 3. The predicted octanol–water partition coefficient (Wildman–Crippen LogP) is 7.13. The van der Waals surface area contributed by atoms with Gasteiger partial charge in [0.25, 0.3) is 0 Å². The topological polar surface area (TPSA) is 30.9 Å². The highest BCUT2D eigenvalue weighted by molar-refractivity contribution is 5.15. The zero-order chi connectivity index (χ0) is 27.6. The van der Waals surface area contributed by atoms with Gasteiger partial charge in [-0.1, -0.05) is 91.0 Å². The fourth-order valence-electron chi connectivity index (χ4n) is 6.00. The van der Waals surface area contributed by atoms with Gasteiger partial charge in [0, 0.05) is 25.6 Å². The van der Waals surface area contributed by atoms with Gasteiger partial charge in [-0.2, -0.15) is 0 Å². The molecule has 3 aromatic rings. The Hall–Kier alpha value is -2.64. The first-order chi connectivity index (χ1) is 19.6. The number of nitrogens with zero attached hydrogens (tertiary/aromatic N) is 1. The Morgan fingerprint density at radius 2 is 1.02 bits per heavy atom. The van der Waals surface area contributed by atoms with E-state index in [1.54, 1.807) is 0 Å². The molecule has 0 bridgehead atoms. The number of halogens is 2. The van der Waals surface area contributed by atoms with Crippen LogP contribution in [0.25, 0.3) is 0 Å². The van der Waals surface area contributed by atoms with E-state index in [0.717, 1.165) is 49.2 Å². The first-order valence-corrected chi connectivity index (χ1v) is 14.6. The minimum Gasteiger partial charge on any atom is -0.369 e. The van der Waals surface area contributed by atoms with Crippen LogP contribution in [0.15, 0.2) is 91.0 Å². The van der Waals surface area contributed by atoms with Crippen LogP contribution in [-0.2, 0) is 34.0 Å². The molecule has 0 radical (unpaired) electrons. The quantitative estimate of drug-likeness (QED) is 0.241. The molecule has 0 amide bonds. The van der Waals surface area contributed by atoms with E-state index in [9.17, 15) is 8.78 Å².